The first-order valence-electron chi connectivity index (χ1n) is 16.3. The zero-order valence-corrected chi connectivity index (χ0v) is 27.2. The van der Waals surface area contributed by atoms with Crippen LogP contribution in [0.1, 0.15) is 30.9 Å². The maximum atomic E-state index is 14.7. The molecule has 1 amide bonds. The van der Waals surface area contributed by atoms with Gasteiger partial charge < -0.3 is 20.3 Å². The Balaban J connectivity index is 1.20. The van der Waals surface area contributed by atoms with E-state index in [1.54, 1.807) is 19.2 Å². The summed E-state index contributed by atoms with van der Waals surface area (Å²) in [5.41, 5.74) is 2.22. The Kier molecular flexibility index (Phi) is 10.5. The molecule has 0 bridgehead atoms. The van der Waals surface area contributed by atoms with Crippen LogP contribution >= 0.6 is 0 Å². The van der Waals surface area contributed by atoms with E-state index in [9.17, 15) is 13.6 Å². The van der Waals surface area contributed by atoms with E-state index in [0.717, 1.165) is 70.4 Å². The van der Waals surface area contributed by atoms with Crippen molar-refractivity contribution in [2.45, 2.75) is 31.3 Å². The lowest BCUT2D eigenvalue weighted by Gasteiger charge is -2.43. The Hall–Kier alpha value is -4.59. The molecule has 48 heavy (non-hydrogen) atoms. The van der Waals surface area contributed by atoms with Crippen LogP contribution in [0.4, 0.5) is 37.5 Å². The number of hydroxylamine groups is 1. The first kappa shape index (κ1) is 33.3. The number of amides is 1. The average molecular weight is 661 g/mol. The van der Waals surface area contributed by atoms with Gasteiger partial charge in [0.15, 0.2) is 17.5 Å². The molecule has 0 radical (unpaired) electrons. The highest BCUT2D eigenvalue weighted by Gasteiger charge is 2.32. The number of nitrogens with zero attached hydrogens (tertiary/aromatic N) is 6. The molecule has 3 aliphatic heterocycles. The van der Waals surface area contributed by atoms with Gasteiger partial charge in [0, 0.05) is 76.0 Å². The molecule has 0 spiro atoms. The van der Waals surface area contributed by atoms with Crippen molar-refractivity contribution in [2.24, 2.45) is 0 Å². The van der Waals surface area contributed by atoms with Crippen molar-refractivity contribution in [3.63, 3.8) is 0 Å². The van der Waals surface area contributed by atoms with Gasteiger partial charge in [-0.25, -0.2) is 23.8 Å². The lowest BCUT2D eigenvalue weighted by Crippen LogP contribution is -2.53. The molecule has 0 unspecified atom stereocenters. The fraction of sp³-hybridized carbons (Fsp3) is 0.400. The predicted molar refractivity (Wildman–Crippen MR) is 183 cm³/mol. The fourth-order valence-electron chi connectivity index (χ4n) is 6.78. The largest absolute Gasteiger partial charge is 0.494 e. The van der Waals surface area contributed by atoms with Crippen molar-refractivity contribution in [1.29, 1.82) is 0 Å². The van der Waals surface area contributed by atoms with E-state index in [4.69, 9.17) is 9.57 Å². The summed E-state index contributed by atoms with van der Waals surface area (Å²) in [6.07, 6.45) is 7.06. The summed E-state index contributed by atoms with van der Waals surface area (Å²) in [5, 5.41) is 7.73. The Labute approximate surface area is 279 Å². The normalized spacial score (nSPS) is 19.3. The minimum atomic E-state index is -0.915. The van der Waals surface area contributed by atoms with Crippen LogP contribution < -0.4 is 25.3 Å². The van der Waals surface area contributed by atoms with Gasteiger partial charge in [0.05, 0.1) is 36.8 Å². The summed E-state index contributed by atoms with van der Waals surface area (Å²) in [7, 11) is 1.59. The third kappa shape index (κ3) is 7.28. The molecule has 2 N–H and O–H groups in total. The summed E-state index contributed by atoms with van der Waals surface area (Å²) in [6.45, 7) is 14.7. The van der Waals surface area contributed by atoms with Crippen molar-refractivity contribution in [3.05, 3.63) is 85.2 Å². The highest BCUT2D eigenvalue weighted by molar-refractivity contribution is 6.02. The average Bonchev–Trinajstić information content (AvgIpc) is 3.60. The number of hydrogen-bond donors (Lipinski definition) is 2. The summed E-state index contributed by atoms with van der Waals surface area (Å²) in [4.78, 5) is 34.4. The van der Waals surface area contributed by atoms with E-state index in [-0.39, 0.29) is 11.5 Å². The number of ether oxygens (including phenoxy) is 1. The molecule has 1 aromatic heterocycles. The quantitative estimate of drug-likeness (QED) is 0.209. The Morgan fingerprint density at radius 2 is 1.83 bits per heavy atom. The third-order valence-corrected chi connectivity index (χ3v) is 9.26. The van der Waals surface area contributed by atoms with Gasteiger partial charge in [0.25, 0.3) is 0 Å². The number of anilines is 5. The van der Waals surface area contributed by atoms with Crippen LogP contribution in [0.5, 0.6) is 5.75 Å². The number of piperazine rings is 1. The number of carbonyl (C=O) groups excluding carboxylic acids is 1. The molecule has 1 atom stereocenters. The van der Waals surface area contributed by atoms with Crippen molar-refractivity contribution in [1.82, 2.24) is 19.8 Å². The number of methoxy groups -OCH3 is 1. The zero-order chi connectivity index (χ0) is 33.6. The molecule has 3 aromatic rings. The van der Waals surface area contributed by atoms with Crippen molar-refractivity contribution < 1.29 is 23.1 Å². The monoisotopic (exact) mass is 660 g/mol. The van der Waals surface area contributed by atoms with Gasteiger partial charge >= 0.3 is 0 Å². The molecular formula is C35H42F2N8O3. The van der Waals surface area contributed by atoms with E-state index in [0.29, 0.717) is 47.8 Å². The molecule has 4 heterocycles. The molecular weight excluding hydrogens is 618 g/mol. The van der Waals surface area contributed by atoms with Crippen LogP contribution in [0.25, 0.3) is 0 Å². The smallest absolute Gasteiger partial charge is 0.247 e. The summed E-state index contributed by atoms with van der Waals surface area (Å²) in [6, 6.07) is 9.46. The Bertz CT molecular complexity index is 1630. The van der Waals surface area contributed by atoms with E-state index in [2.05, 4.69) is 48.5 Å². The molecule has 3 aliphatic rings. The number of rotatable bonds is 11. The molecule has 3 saturated heterocycles. The highest BCUT2D eigenvalue weighted by atomic mass is 19.2. The number of piperidine rings is 1. The first-order chi connectivity index (χ1) is 23.4. The minimum Gasteiger partial charge on any atom is -0.494 e. The number of carbonyl (C=O) groups is 1. The molecule has 0 aliphatic carbocycles. The van der Waals surface area contributed by atoms with Gasteiger partial charge in [-0.1, -0.05) is 24.8 Å². The maximum Gasteiger partial charge on any atom is 0.247 e. The number of nitrogens with one attached hydrogen (secondary N) is 2. The Morgan fingerprint density at radius 3 is 2.56 bits per heavy atom. The SMILES string of the molecule is C=CCN1CCN(C2CCN(c3cc(OC)c(Nc4cc(N5OCC[C@@H]5c5cccc(F)c5F)ncn4)cc3NC(=O)C=C)CC2)CC1. The van der Waals surface area contributed by atoms with Crippen molar-refractivity contribution in [2.75, 3.05) is 80.1 Å². The molecule has 13 heteroatoms. The van der Waals surface area contributed by atoms with Gasteiger partial charge in [-0.15, -0.1) is 6.58 Å². The van der Waals surface area contributed by atoms with E-state index < -0.39 is 17.7 Å². The second-order valence-electron chi connectivity index (χ2n) is 12.1. The molecule has 2 aromatic carbocycles. The molecule has 3 fully saturated rings. The van der Waals surface area contributed by atoms with E-state index >= 15 is 0 Å². The van der Waals surface area contributed by atoms with Crippen LogP contribution in [0.3, 0.4) is 0 Å². The molecule has 254 valence electrons. The molecule has 0 saturated carbocycles. The standard InChI is InChI=1S/C35H42F2N8O3/c1-4-12-42-15-17-43(18-16-42)24-9-13-44(14-10-24)30-21-31(47-3)28(20-27(30)41-34(46)5-2)40-32-22-33(39-23-38-32)45-29(11-19-48-45)25-7-6-8-26(36)35(25)37/h4-8,20-24,29H,1-2,9-19H2,3H3,(H,41,46)(H,38,39,40)/t29-/m1/s1. The first-order valence-corrected chi connectivity index (χ1v) is 16.3. The summed E-state index contributed by atoms with van der Waals surface area (Å²) in [5.74, 6) is -0.808. The van der Waals surface area contributed by atoms with Crippen LogP contribution in [0.15, 0.2) is 68.0 Å². The van der Waals surface area contributed by atoms with E-state index in [1.165, 1.54) is 23.5 Å². The van der Waals surface area contributed by atoms with E-state index in [1.807, 2.05) is 18.2 Å². The fourth-order valence-corrected chi connectivity index (χ4v) is 6.78. The second-order valence-corrected chi connectivity index (χ2v) is 12.1. The van der Waals surface area contributed by atoms with Crippen LogP contribution in [0, 0.1) is 11.6 Å². The van der Waals surface area contributed by atoms with Gasteiger partial charge in [-0.2, -0.15) is 0 Å². The van der Waals surface area contributed by atoms with Crippen LogP contribution in [0.2, 0.25) is 0 Å². The topological polar surface area (TPSA) is 98.3 Å². The highest BCUT2D eigenvalue weighted by Crippen LogP contribution is 2.41. The Morgan fingerprint density at radius 1 is 1.04 bits per heavy atom. The number of hydrogen-bond acceptors (Lipinski definition) is 10. The number of halogens is 2. The van der Waals surface area contributed by atoms with Gasteiger partial charge in [-0.3, -0.25) is 19.4 Å². The van der Waals surface area contributed by atoms with Crippen LogP contribution in [-0.2, 0) is 9.63 Å². The summed E-state index contributed by atoms with van der Waals surface area (Å²) >= 11 is 0. The van der Waals surface area contributed by atoms with Gasteiger partial charge in [0.2, 0.25) is 5.91 Å². The second kappa shape index (κ2) is 15.1. The third-order valence-electron chi connectivity index (χ3n) is 9.26. The van der Waals surface area contributed by atoms with Crippen molar-refractivity contribution >= 4 is 34.6 Å². The number of aromatic nitrogens is 2. The number of benzene rings is 2. The maximum absolute atomic E-state index is 14.7. The van der Waals surface area contributed by atoms with Crippen molar-refractivity contribution in [3.8, 4) is 5.75 Å². The summed E-state index contributed by atoms with van der Waals surface area (Å²) < 4.78 is 34.5. The predicted octanol–water partition coefficient (Wildman–Crippen LogP) is 5.29. The lowest BCUT2D eigenvalue weighted by atomic mass is 10.0. The van der Waals surface area contributed by atoms with Gasteiger partial charge in [0.1, 0.15) is 17.9 Å². The zero-order valence-electron chi connectivity index (χ0n) is 27.2. The lowest BCUT2D eigenvalue weighted by molar-refractivity contribution is -0.111. The van der Waals surface area contributed by atoms with Gasteiger partial charge in [-0.05, 0) is 31.1 Å². The van der Waals surface area contributed by atoms with Crippen LogP contribution in [-0.4, -0.2) is 91.2 Å². The minimum absolute atomic E-state index is 0.190. The molecule has 6 rings (SSSR count). The molecule has 11 nitrogen and oxygen atoms in total.